The largest absolute Gasteiger partial charge is 0.381 e. The fourth-order valence-electron chi connectivity index (χ4n) is 5.16. The summed E-state index contributed by atoms with van der Waals surface area (Å²) in [7, 11) is 0. The highest BCUT2D eigenvalue weighted by molar-refractivity contribution is 5.80. The Bertz CT molecular complexity index is 701. The Morgan fingerprint density at radius 1 is 1.16 bits per heavy atom. The molecule has 0 radical (unpaired) electrons. The summed E-state index contributed by atoms with van der Waals surface area (Å²) < 4.78 is 5.70. The lowest BCUT2D eigenvalue weighted by Crippen LogP contribution is -2.54. The Labute approximate surface area is 187 Å². The first-order chi connectivity index (χ1) is 15.2. The molecule has 1 aromatic rings. The van der Waals surface area contributed by atoms with Crippen LogP contribution in [0.5, 0.6) is 0 Å². The fourth-order valence-corrected chi connectivity index (χ4v) is 5.16. The maximum Gasteiger partial charge on any atom is 0.191 e. The molecule has 3 saturated heterocycles. The van der Waals surface area contributed by atoms with Crippen molar-refractivity contribution in [2.75, 3.05) is 57.4 Å². The molecule has 0 spiro atoms. The fraction of sp³-hybridized carbons (Fsp3) is 0.750. The number of anilines is 1. The van der Waals surface area contributed by atoms with Gasteiger partial charge in [0.05, 0.1) is 6.54 Å². The first kappa shape index (κ1) is 22.3. The quantitative estimate of drug-likeness (QED) is 0.536. The molecule has 3 aliphatic rings. The van der Waals surface area contributed by atoms with Gasteiger partial charge in [-0.05, 0) is 77.1 Å². The summed E-state index contributed by atoms with van der Waals surface area (Å²) in [6.45, 7) is 12.2. The smallest absolute Gasteiger partial charge is 0.191 e. The van der Waals surface area contributed by atoms with Crippen molar-refractivity contribution in [1.82, 2.24) is 20.5 Å². The molecule has 0 atom stereocenters. The first-order valence-electron chi connectivity index (χ1n) is 12.2. The maximum atomic E-state index is 5.70. The molecule has 0 saturated carbocycles. The molecule has 7 nitrogen and oxygen atoms in total. The number of nitrogens with zero attached hydrogens (tertiary/aromatic N) is 4. The van der Waals surface area contributed by atoms with Crippen molar-refractivity contribution in [3.8, 4) is 0 Å². The summed E-state index contributed by atoms with van der Waals surface area (Å²) in [5.41, 5.74) is 1.39. The van der Waals surface area contributed by atoms with Crippen LogP contribution >= 0.6 is 0 Å². The van der Waals surface area contributed by atoms with Gasteiger partial charge >= 0.3 is 0 Å². The predicted octanol–water partition coefficient (Wildman–Crippen LogP) is 2.56. The summed E-state index contributed by atoms with van der Waals surface area (Å²) in [6, 6.07) is 4.74. The minimum atomic E-state index is 0.178. The van der Waals surface area contributed by atoms with Crippen LogP contribution < -0.4 is 15.5 Å². The second-order valence-corrected chi connectivity index (χ2v) is 9.33. The van der Waals surface area contributed by atoms with E-state index in [0.29, 0.717) is 6.04 Å². The number of aliphatic imine (C=N–C) groups is 1. The Kier molecular flexibility index (Phi) is 7.67. The van der Waals surface area contributed by atoms with E-state index in [9.17, 15) is 0 Å². The van der Waals surface area contributed by atoms with Gasteiger partial charge in [-0.1, -0.05) is 6.07 Å². The van der Waals surface area contributed by atoms with Gasteiger partial charge in [0.2, 0.25) is 0 Å². The lowest BCUT2D eigenvalue weighted by atomic mass is 9.88. The number of hydrogen-bond donors (Lipinski definition) is 2. The Hall–Kier alpha value is -1.86. The van der Waals surface area contributed by atoms with E-state index in [1.807, 2.05) is 6.20 Å². The second kappa shape index (κ2) is 10.6. The highest BCUT2D eigenvalue weighted by Gasteiger charge is 2.39. The number of nitrogens with one attached hydrogen (secondary N) is 2. The number of likely N-dealkylation sites (tertiary alicyclic amines) is 1. The van der Waals surface area contributed by atoms with Crippen LogP contribution in [0, 0.1) is 6.92 Å². The van der Waals surface area contributed by atoms with Gasteiger partial charge in [0.1, 0.15) is 5.82 Å². The zero-order valence-electron chi connectivity index (χ0n) is 19.4. The molecule has 3 aliphatic heterocycles. The van der Waals surface area contributed by atoms with Gasteiger partial charge in [-0.3, -0.25) is 9.89 Å². The number of ether oxygens (including phenoxy) is 1. The van der Waals surface area contributed by atoms with Gasteiger partial charge in [-0.25, -0.2) is 4.98 Å². The van der Waals surface area contributed by atoms with Crippen molar-refractivity contribution in [3.63, 3.8) is 0 Å². The average Bonchev–Trinajstić information content (AvgIpc) is 3.35. The average molecular weight is 429 g/mol. The molecule has 3 fully saturated rings. The summed E-state index contributed by atoms with van der Waals surface area (Å²) in [4.78, 5) is 14.8. The van der Waals surface area contributed by atoms with Crippen LogP contribution in [-0.2, 0) is 4.74 Å². The van der Waals surface area contributed by atoms with Crippen LogP contribution in [0.2, 0.25) is 0 Å². The monoisotopic (exact) mass is 428 g/mol. The number of guanidine groups is 1. The van der Waals surface area contributed by atoms with Gasteiger partial charge in [0, 0.05) is 50.6 Å². The number of rotatable bonds is 6. The standard InChI is InChI=1S/C24H40N6O/c1-3-25-23(27-19-24(10-16-31-17-11-24)30-12-4-5-13-30)28-21-8-14-29(15-9-21)22-7-6-20(2)18-26-22/h6-7,18,21H,3-5,8-17,19H2,1-2H3,(H2,25,27,28). The van der Waals surface area contributed by atoms with E-state index in [0.717, 1.165) is 76.9 Å². The normalized spacial score (nSPS) is 23.2. The number of aromatic nitrogens is 1. The molecule has 2 N–H and O–H groups in total. The van der Waals surface area contributed by atoms with Crippen LogP contribution in [0.25, 0.3) is 0 Å². The Morgan fingerprint density at radius 2 is 1.90 bits per heavy atom. The van der Waals surface area contributed by atoms with E-state index in [1.54, 1.807) is 0 Å². The number of hydrogen-bond acceptors (Lipinski definition) is 5. The van der Waals surface area contributed by atoms with Crippen molar-refractivity contribution < 1.29 is 4.74 Å². The third-order valence-corrected chi connectivity index (χ3v) is 7.13. The number of aryl methyl sites for hydroxylation is 1. The first-order valence-corrected chi connectivity index (χ1v) is 12.2. The third kappa shape index (κ3) is 5.69. The molecule has 0 unspecified atom stereocenters. The minimum Gasteiger partial charge on any atom is -0.381 e. The molecule has 1 aromatic heterocycles. The van der Waals surface area contributed by atoms with Gasteiger partial charge in [0.25, 0.3) is 0 Å². The number of pyridine rings is 1. The van der Waals surface area contributed by atoms with E-state index < -0.39 is 0 Å². The molecule has 31 heavy (non-hydrogen) atoms. The van der Waals surface area contributed by atoms with E-state index in [1.165, 1.54) is 31.5 Å². The van der Waals surface area contributed by atoms with Crippen molar-refractivity contribution >= 4 is 11.8 Å². The van der Waals surface area contributed by atoms with Gasteiger partial charge in [-0.2, -0.15) is 0 Å². The van der Waals surface area contributed by atoms with Crippen molar-refractivity contribution in [2.24, 2.45) is 4.99 Å². The molecular formula is C24H40N6O. The molecule has 4 heterocycles. The minimum absolute atomic E-state index is 0.178. The molecule has 0 aromatic carbocycles. The van der Waals surface area contributed by atoms with Crippen LogP contribution in [-0.4, -0.2) is 79.9 Å². The lowest BCUT2D eigenvalue weighted by molar-refractivity contribution is -0.0139. The lowest BCUT2D eigenvalue weighted by Gasteiger charge is -2.43. The van der Waals surface area contributed by atoms with Crippen LogP contribution in [0.4, 0.5) is 5.82 Å². The highest BCUT2D eigenvalue weighted by atomic mass is 16.5. The molecular weight excluding hydrogens is 388 g/mol. The van der Waals surface area contributed by atoms with E-state index in [-0.39, 0.29) is 5.54 Å². The molecule has 0 bridgehead atoms. The molecule has 4 rings (SSSR count). The van der Waals surface area contributed by atoms with Gasteiger partial charge in [0.15, 0.2) is 5.96 Å². The SMILES string of the molecule is CCNC(=NCC1(N2CCCC2)CCOCC1)NC1CCN(c2ccc(C)cn2)CC1. The predicted molar refractivity (Wildman–Crippen MR) is 127 cm³/mol. The van der Waals surface area contributed by atoms with Crippen LogP contribution in [0.15, 0.2) is 23.3 Å². The van der Waals surface area contributed by atoms with Crippen LogP contribution in [0.3, 0.4) is 0 Å². The second-order valence-electron chi connectivity index (χ2n) is 9.33. The molecule has 172 valence electrons. The van der Waals surface area contributed by atoms with Gasteiger partial charge < -0.3 is 20.3 Å². The topological polar surface area (TPSA) is 65.0 Å². The highest BCUT2D eigenvalue weighted by Crippen LogP contribution is 2.31. The molecule has 7 heteroatoms. The van der Waals surface area contributed by atoms with E-state index >= 15 is 0 Å². The Morgan fingerprint density at radius 3 is 2.55 bits per heavy atom. The van der Waals surface area contributed by atoms with Crippen LogP contribution in [0.1, 0.15) is 51.0 Å². The number of piperidine rings is 1. The summed E-state index contributed by atoms with van der Waals surface area (Å²) >= 11 is 0. The third-order valence-electron chi connectivity index (χ3n) is 7.13. The van der Waals surface area contributed by atoms with E-state index in [4.69, 9.17) is 9.73 Å². The van der Waals surface area contributed by atoms with Crippen molar-refractivity contribution in [3.05, 3.63) is 23.9 Å². The zero-order chi connectivity index (χ0) is 21.5. The van der Waals surface area contributed by atoms with Gasteiger partial charge in [-0.15, -0.1) is 0 Å². The van der Waals surface area contributed by atoms with Crippen molar-refractivity contribution in [1.29, 1.82) is 0 Å². The van der Waals surface area contributed by atoms with E-state index in [2.05, 4.69) is 51.4 Å². The maximum absolute atomic E-state index is 5.70. The molecule has 0 aliphatic carbocycles. The summed E-state index contributed by atoms with van der Waals surface area (Å²) in [5.74, 6) is 2.07. The zero-order valence-corrected chi connectivity index (χ0v) is 19.4. The van der Waals surface area contributed by atoms with Crippen molar-refractivity contribution in [2.45, 2.75) is 64.0 Å². The summed E-state index contributed by atoms with van der Waals surface area (Å²) in [5, 5.41) is 7.22. The Balaban J connectivity index is 1.35. The summed E-state index contributed by atoms with van der Waals surface area (Å²) in [6.07, 6.45) is 8.99. The molecule has 0 amide bonds.